The van der Waals surface area contributed by atoms with E-state index in [1.165, 1.54) is 28.7 Å². The predicted octanol–water partition coefficient (Wildman–Crippen LogP) is 6.57. The highest BCUT2D eigenvalue weighted by molar-refractivity contribution is 6.42. The van der Waals surface area contributed by atoms with E-state index in [0.29, 0.717) is 16.0 Å². The molecule has 6 rings (SSSR count). The second kappa shape index (κ2) is 7.88. The molecule has 2 bridgehead atoms. The minimum absolute atomic E-state index is 0.104. The van der Waals surface area contributed by atoms with Crippen molar-refractivity contribution in [3.8, 4) is 0 Å². The molecule has 3 aliphatic rings. The Labute approximate surface area is 199 Å². The fraction of sp³-hybridized carbons (Fsp3) is 0.357. The monoisotopic (exact) mass is 463 g/mol. The Bertz CT molecular complexity index is 1120. The van der Waals surface area contributed by atoms with Crippen LogP contribution < -0.4 is 0 Å². The maximum absolute atomic E-state index is 11.0. The molecule has 0 saturated carbocycles. The molecule has 1 N–H and O–H groups in total. The van der Waals surface area contributed by atoms with Crippen LogP contribution in [0.3, 0.4) is 0 Å². The molecule has 0 unspecified atom stereocenters. The van der Waals surface area contributed by atoms with Crippen LogP contribution in [0.15, 0.2) is 66.7 Å². The van der Waals surface area contributed by atoms with Crippen molar-refractivity contribution in [2.24, 2.45) is 5.92 Å². The van der Waals surface area contributed by atoms with Crippen molar-refractivity contribution in [2.45, 2.75) is 36.7 Å². The maximum atomic E-state index is 11.0. The summed E-state index contributed by atoms with van der Waals surface area (Å²) < 4.78 is 0. The number of benzene rings is 3. The molecule has 164 valence electrons. The average molecular weight is 464 g/mol. The van der Waals surface area contributed by atoms with Gasteiger partial charge < -0.3 is 10.0 Å². The number of hydrogen-bond acceptors (Lipinski definition) is 2. The average Bonchev–Trinajstić information content (AvgIpc) is 3.33. The molecule has 4 heteroatoms. The van der Waals surface area contributed by atoms with Crippen molar-refractivity contribution in [1.82, 2.24) is 4.90 Å². The van der Waals surface area contributed by atoms with Crippen molar-refractivity contribution >= 4 is 23.2 Å². The highest BCUT2D eigenvalue weighted by atomic mass is 35.5. The standard InChI is InChI=1S/C28H27Cl2NO/c29-25-10-9-19(15-26(25)30)27(32)18-11-13-31(14-12-18)17-28-16-22(20-5-1-3-7-23(20)28)21-6-2-4-8-24(21)28/h1-10,15,18,22,27,32H,11-14,16-17H2/t22?,27-,28?/m1/s1. The lowest BCUT2D eigenvalue weighted by Crippen LogP contribution is -2.44. The predicted molar refractivity (Wildman–Crippen MR) is 131 cm³/mol. The lowest BCUT2D eigenvalue weighted by molar-refractivity contribution is 0.0540. The zero-order chi connectivity index (χ0) is 21.9. The number of rotatable bonds is 4. The zero-order valence-electron chi connectivity index (χ0n) is 18.0. The van der Waals surface area contributed by atoms with E-state index in [1.807, 2.05) is 12.1 Å². The van der Waals surface area contributed by atoms with Gasteiger partial charge in [-0.25, -0.2) is 0 Å². The van der Waals surface area contributed by atoms with Crippen LogP contribution in [-0.4, -0.2) is 29.6 Å². The van der Waals surface area contributed by atoms with Gasteiger partial charge in [0.05, 0.1) is 16.1 Å². The zero-order valence-corrected chi connectivity index (χ0v) is 19.5. The Morgan fingerprint density at radius 2 is 1.50 bits per heavy atom. The summed E-state index contributed by atoms with van der Waals surface area (Å²) in [6, 6.07) is 23.6. The normalized spacial score (nSPS) is 25.5. The number of aliphatic hydroxyl groups is 1. The van der Waals surface area contributed by atoms with Crippen LogP contribution in [-0.2, 0) is 5.41 Å². The van der Waals surface area contributed by atoms with Gasteiger partial charge >= 0.3 is 0 Å². The first-order chi connectivity index (χ1) is 15.6. The summed E-state index contributed by atoms with van der Waals surface area (Å²) in [6.45, 7) is 3.09. The van der Waals surface area contributed by atoms with Gasteiger partial charge in [0.1, 0.15) is 0 Å². The summed E-state index contributed by atoms with van der Waals surface area (Å²) in [5, 5.41) is 12.0. The molecule has 0 aromatic heterocycles. The van der Waals surface area contributed by atoms with Gasteiger partial charge in [-0.2, -0.15) is 0 Å². The summed E-state index contributed by atoms with van der Waals surface area (Å²) in [6.07, 6.45) is 2.68. The first-order valence-electron chi connectivity index (χ1n) is 11.6. The third kappa shape index (κ3) is 3.15. The third-order valence-electron chi connectivity index (χ3n) is 8.11. The Balaban J connectivity index is 1.21. The Morgan fingerprint density at radius 3 is 2.12 bits per heavy atom. The molecule has 1 aliphatic heterocycles. The molecule has 2 nitrogen and oxygen atoms in total. The van der Waals surface area contributed by atoms with E-state index in [2.05, 4.69) is 53.4 Å². The maximum Gasteiger partial charge on any atom is 0.0819 e. The number of hydrogen-bond donors (Lipinski definition) is 1. The summed E-state index contributed by atoms with van der Waals surface area (Å²) in [5.41, 5.74) is 7.08. The summed E-state index contributed by atoms with van der Waals surface area (Å²) in [4.78, 5) is 2.62. The van der Waals surface area contributed by atoms with Gasteiger partial charge in [0, 0.05) is 17.9 Å². The molecule has 3 aromatic carbocycles. The second-order valence-electron chi connectivity index (χ2n) is 9.75. The molecule has 1 fully saturated rings. The van der Waals surface area contributed by atoms with Gasteiger partial charge in [-0.3, -0.25) is 0 Å². The summed E-state index contributed by atoms with van der Waals surface area (Å²) in [7, 11) is 0. The van der Waals surface area contributed by atoms with E-state index in [-0.39, 0.29) is 11.3 Å². The summed E-state index contributed by atoms with van der Waals surface area (Å²) >= 11 is 12.2. The fourth-order valence-electron chi connectivity index (χ4n) is 6.59. The number of halogens is 2. The molecule has 32 heavy (non-hydrogen) atoms. The smallest absolute Gasteiger partial charge is 0.0819 e. The van der Waals surface area contributed by atoms with E-state index < -0.39 is 6.10 Å². The van der Waals surface area contributed by atoms with Gasteiger partial charge in [0.25, 0.3) is 0 Å². The number of fused-ring (bicyclic) bond motifs is 8. The van der Waals surface area contributed by atoms with Gasteiger partial charge in [-0.1, -0.05) is 77.8 Å². The van der Waals surface area contributed by atoms with Crippen LogP contribution in [0.1, 0.15) is 59.1 Å². The van der Waals surface area contributed by atoms with Crippen LogP contribution in [0.2, 0.25) is 10.0 Å². The highest BCUT2D eigenvalue weighted by Crippen LogP contribution is 2.60. The van der Waals surface area contributed by atoms with E-state index >= 15 is 0 Å². The Morgan fingerprint density at radius 1 is 0.875 bits per heavy atom. The van der Waals surface area contributed by atoms with E-state index in [0.717, 1.165) is 38.0 Å². The quantitative estimate of drug-likeness (QED) is 0.472. The molecule has 1 atom stereocenters. The number of piperidine rings is 1. The molecule has 0 radical (unpaired) electrons. The molecule has 0 amide bonds. The number of likely N-dealkylation sites (tertiary alicyclic amines) is 1. The molecular weight excluding hydrogens is 437 g/mol. The lowest BCUT2D eigenvalue weighted by Gasteiger charge is -2.40. The van der Waals surface area contributed by atoms with Crippen molar-refractivity contribution in [3.63, 3.8) is 0 Å². The van der Waals surface area contributed by atoms with Crippen LogP contribution in [0, 0.1) is 5.92 Å². The van der Waals surface area contributed by atoms with Gasteiger partial charge in [-0.05, 0) is 78.2 Å². The molecule has 0 spiro atoms. The van der Waals surface area contributed by atoms with Crippen molar-refractivity contribution in [3.05, 3.63) is 105 Å². The minimum Gasteiger partial charge on any atom is -0.388 e. The Hall–Kier alpha value is -1.84. The third-order valence-corrected chi connectivity index (χ3v) is 8.85. The summed E-state index contributed by atoms with van der Waals surface area (Å²) in [5.74, 6) is 0.789. The minimum atomic E-state index is -0.492. The molecule has 2 aliphatic carbocycles. The lowest BCUT2D eigenvalue weighted by atomic mass is 9.74. The van der Waals surface area contributed by atoms with Crippen molar-refractivity contribution in [2.75, 3.05) is 19.6 Å². The first-order valence-corrected chi connectivity index (χ1v) is 12.4. The van der Waals surface area contributed by atoms with Crippen molar-refractivity contribution in [1.29, 1.82) is 0 Å². The van der Waals surface area contributed by atoms with Crippen LogP contribution in [0.5, 0.6) is 0 Å². The van der Waals surface area contributed by atoms with Crippen LogP contribution in [0.4, 0.5) is 0 Å². The first kappa shape index (κ1) is 20.7. The second-order valence-corrected chi connectivity index (χ2v) is 10.6. The van der Waals surface area contributed by atoms with Gasteiger partial charge in [0.2, 0.25) is 0 Å². The van der Waals surface area contributed by atoms with E-state index in [4.69, 9.17) is 23.2 Å². The number of nitrogens with zero attached hydrogens (tertiary/aromatic N) is 1. The highest BCUT2D eigenvalue weighted by Gasteiger charge is 2.53. The topological polar surface area (TPSA) is 23.5 Å². The van der Waals surface area contributed by atoms with E-state index in [9.17, 15) is 5.11 Å². The molecule has 1 saturated heterocycles. The Kier molecular flexibility index (Phi) is 5.11. The van der Waals surface area contributed by atoms with Crippen LogP contribution in [0.25, 0.3) is 0 Å². The number of aliphatic hydroxyl groups excluding tert-OH is 1. The van der Waals surface area contributed by atoms with Gasteiger partial charge in [-0.15, -0.1) is 0 Å². The largest absolute Gasteiger partial charge is 0.388 e. The molecule has 1 heterocycles. The van der Waals surface area contributed by atoms with Crippen molar-refractivity contribution < 1.29 is 5.11 Å². The fourth-order valence-corrected chi connectivity index (χ4v) is 6.89. The SMILES string of the molecule is O[C@@H](c1ccc(Cl)c(Cl)c1)C1CCN(CC23CC(c4ccccc42)c2ccccc23)CC1. The van der Waals surface area contributed by atoms with Crippen LogP contribution >= 0.6 is 23.2 Å². The van der Waals surface area contributed by atoms with E-state index in [1.54, 1.807) is 6.07 Å². The van der Waals surface area contributed by atoms with Gasteiger partial charge in [0.15, 0.2) is 0 Å². The molecule has 3 aromatic rings. The molecular formula is C28H27Cl2NO.